The molecule has 14 nitrogen and oxygen atoms in total. The summed E-state index contributed by atoms with van der Waals surface area (Å²) in [6.45, 7) is -0.372. The van der Waals surface area contributed by atoms with E-state index in [9.17, 15) is 30.1 Å². The minimum Gasteiger partial charge on any atom is -0.394 e. The molecule has 1 aliphatic carbocycles. The third-order valence-electron chi connectivity index (χ3n) is 5.93. The van der Waals surface area contributed by atoms with Gasteiger partial charge in [0, 0.05) is 12.3 Å². The van der Waals surface area contributed by atoms with Crippen LogP contribution in [0, 0.1) is 11.8 Å². The second-order valence-electron chi connectivity index (χ2n) is 7.98. The number of rotatable bonds is 10. The summed E-state index contributed by atoms with van der Waals surface area (Å²) in [6, 6.07) is 0. The Labute approximate surface area is 177 Å². The van der Waals surface area contributed by atoms with Gasteiger partial charge in [-0.3, -0.25) is 4.57 Å². The average Bonchev–Trinajstić information content (AvgIpc) is 2.81. The normalized spacial score (nSPS) is 45.4. The number of aliphatic hydroxyl groups excluding tert-OH is 4. The SMILES string of the molecule is NOCCO[C@H]1OC(CO)CC(O)C1O[C@H]1OC2(O)C1C(O)[C@H](O)C2CCP(=O)(O)O. The van der Waals surface area contributed by atoms with Crippen LogP contribution in [0.25, 0.3) is 0 Å². The van der Waals surface area contributed by atoms with Gasteiger partial charge in [0.25, 0.3) is 0 Å². The lowest BCUT2D eigenvalue weighted by Crippen LogP contribution is -2.66. The first kappa shape index (κ1) is 25.3. The van der Waals surface area contributed by atoms with Crippen LogP contribution in [-0.2, 0) is 28.4 Å². The quantitative estimate of drug-likeness (QED) is 0.0864. The van der Waals surface area contributed by atoms with Crippen molar-refractivity contribution in [2.75, 3.05) is 26.0 Å². The third kappa shape index (κ3) is 5.28. The molecule has 0 amide bonds. The smallest absolute Gasteiger partial charge is 0.325 e. The van der Waals surface area contributed by atoms with E-state index >= 15 is 0 Å². The van der Waals surface area contributed by atoms with E-state index in [2.05, 4.69) is 4.84 Å². The molecule has 0 bridgehead atoms. The second kappa shape index (κ2) is 9.91. The molecule has 0 spiro atoms. The summed E-state index contributed by atoms with van der Waals surface area (Å²) in [5.74, 6) is 0.596. The number of ether oxygens (including phenoxy) is 4. The van der Waals surface area contributed by atoms with E-state index in [-0.39, 0.29) is 32.7 Å². The Bertz CT molecular complexity index is 651. The molecule has 3 fully saturated rings. The van der Waals surface area contributed by atoms with Crippen LogP contribution in [0.4, 0.5) is 0 Å². The van der Waals surface area contributed by atoms with Crippen molar-refractivity contribution in [2.24, 2.45) is 17.7 Å². The number of hydrogen-bond acceptors (Lipinski definition) is 12. The van der Waals surface area contributed by atoms with Crippen LogP contribution in [0.2, 0.25) is 0 Å². The topological polar surface area (TPSA) is 231 Å². The van der Waals surface area contributed by atoms with Gasteiger partial charge >= 0.3 is 7.60 Å². The minimum atomic E-state index is -4.40. The van der Waals surface area contributed by atoms with Crippen LogP contribution in [0.5, 0.6) is 0 Å². The van der Waals surface area contributed by atoms with Crippen molar-refractivity contribution in [1.82, 2.24) is 0 Å². The number of nitrogens with two attached hydrogens (primary N) is 1. The van der Waals surface area contributed by atoms with Crippen LogP contribution >= 0.6 is 7.60 Å². The van der Waals surface area contributed by atoms with Crippen LogP contribution < -0.4 is 5.90 Å². The Morgan fingerprint density at radius 1 is 1.13 bits per heavy atom. The van der Waals surface area contributed by atoms with Crippen molar-refractivity contribution in [1.29, 1.82) is 0 Å². The Morgan fingerprint density at radius 2 is 1.84 bits per heavy atom. The van der Waals surface area contributed by atoms with Gasteiger partial charge in [0.05, 0.1) is 56.3 Å². The Kier molecular flexibility index (Phi) is 8.10. The van der Waals surface area contributed by atoms with E-state index in [0.717, 1.165) is 0 Å². The second-order valence-corrected chi connectivity index (χ2v) is 9.76. The van der Waals surface area contributed by atoms with Gasteiger partial charge in [-0.2, -0.15) is 0 Å². The molecule has 2 aliphatic heterocycles. The van der Waals surface area contributed by atoms with Crippen LogP contribution in [0.1, 0.15) is 12.8 Å². The lowest BCUT2D eigenvalue weighted by Gasteiger charge is -2.52. The molecule has 0 aromatic heterocycles. The monoisotopic (exact) mass is 475 g/mol. The highest BCUT2D eigenvalue weighted by Gasteiger charge is 2.71. The standard InChI is InChI=1S/C16H30NO13P/c17-27-3-2-26-15-13(9(19)5-7(6-18)28-15)29-14-10-12(21)11(20)8(16(10,22)30-14)1-4-31(23,24)25/h7-15,18-22H,1-6,17H2,(H2,23,24,25)/t7?,8?,9?,10?,11-,12?,13?,14+,15+,16?/m1/s1. The van der Waals surface area contributed by atoms with Crippen molar-refractivity contribution in [3.05, 3.63) is 0 Å². The van der Waals surface area contributed by atoms with Gasteiger partial charge in [0.2, 0.25) is 0 Å². The lowest BCUT2D eigenvalue weighted by molar-refractivity contribution is -0.457. The molecular weight excluding hydrogens is 445 g/mol. The molecule has 15 heteroatoms. The fourth-order valence-corrected chi connectivity index (χ4v) is 4.99. The molecule has 31 heavy (non-hydrogen) atoms. The van der Waals surface area contributed by atoms with Crippen LogP contribution in [0.3, 0.4) is 0 Å². The van der Waals surface area contributed by atoms with Gasteiger partial charge in [-0.25, -0.2) is 5.90 Å². The largest absolute Gasteiger partial charge is 0.394 e. The maximum Gasteiger partial charge on any atom is 0.325 e. The summed E-state index contributed by atoms with van der Waals surface area (Å²) >= 11 is 0. The predicted octanol–water partition coefficient (Wildman–Crippen LogP) is -3.67. The molecule has 2 saturated heterocycles. The Hall–Kier alpha value is -0.290. The van der Waals surface area contributed by atoms with Gasteiger partial charge in [-0.15, -0.1) is 0 Å². The first-order valence-corrected chi connectivity index (χ1v) is 11.7. The van der Waals surface area contributed by atoms with Crippen LogP contribution in [-0.4, -0.2) is 110 Å². The van der Waals surface area contributed by atoms with Crippen molar-refractivity contribution < 1.29 is 63.7 Å². The van der Waals surface area contributed by atoms with Crippen molar-refractivity contribution >= 4 is 7.60 Å². The zero-order valence-corrected chi connectivity index (χ0v) is 17.4. The first-order chi connectivity index (χ1) is 14.5. The fourth-order valence-electron chi connectivity index (χ4n) is 4.37. The van der Waals surface area contributed by atoms with E-state index in [1.807, 2.05) is 0 Å². The lowest BCUT2D eigenvalue weighted by atomic mass is 9.87. The van der Waals surface area contributed by atoms with Crippen molar-refractivity contribution in [3.63, 3.8) is 0 Å². The highest BCUT2D eigenvalue weighted by Crippen LogP contribution is 2.55. The van der Waals surface area contributed by atoms with Gasteiger partial charge < -0.3 is 59.1 Å². The van der Waals surface area contributed by atoms with E-state index in [4.69, 9.17) is 34.6 Å². The van der Waals surface area contributed by atoms with E-state index < -0.39 is 74.5 Å². The molecule has 1 saturated carbocycles. The molecule has 0 aromatic rings. The zero-order chi connectivity index (χ0) is 23.0. The maximum absolute atomic E-state index is 11.2. The van der Waals surface area contributed by atoms with E-state index in [0.29, 0.717) is 0 Å². The third-order valence-corrected chi connectivity index (χ3v) is 6.77. The van der Waals surface area contributed by atoms with Crippen molar-refractivity contribution in [2.45, 2.75) is 61.7 Å². The van der Waals surface area contributed by atoms with Gasteiger partial charge in [-0.1, -0.05) is 0 Å². The van der Waals surface area contributed by atoms with E-state index in [1.54, 1.807) is 0 Å². The fraction of sp³-hybridized carbons (Fsp3) is 1.00. The summed E-state index contributed by atoms with van der Waals surface area (Å²) in [6.07, 6.45) is -9.29. The van der Waals surface area contributed by atoms with Crippen molar-refractivity contribution in [3.8, 4) is 0 Å². The molecule has 0 radical (unpaired) electrons. The summed E-state index contributed by atoms with van der Waals surface area (Å²) in [5, 5.41) is 51.2. The summed E-state index contributed by atoms with van der Waals surface area (Å²) in [7, 11) is -4.40. The highest BCUT2D eigenvalue weighted by molar-refractivity contribution is 7.51. The number of fused-ring (bicyclic) bond motifs is 1. The molecule has 2 heterocycles. The van der Waals surface area contributed by atoms with Gasteiger partial charge in [0.15, 0.2) is 18.4 Å². The highest BCUT2D eigenvalue weighted by atomic mass is 31.2. The minimum absolute atomic E-state index is 0.0148. The van der Waals surface area contributed by atoms with Gasteiger partial charge in [0.1, 0.15) is 6.10 Å². The molecule has 7 unspecified atom stereocenters. The summed E-state index contributed by atoms with van der Waals surface area (Å²) < 4.78 is 33.3. The summed E-state index contributed by atoms with van der Waals surface area (Å²) in [4.78, 5) is 22.6. The Balaban J connectivity index is 1.67. The predicted molar refractivity (Wildman–Crippen MR) is 97.7 cm³/mol. The number of aliphatic hydroxyl groups is 5. The maximum atomic E-state index is 11.2. The first-order valence-electron chi connectivity index (χ1n) is 9.85. The molecular formula is C16H30NO13P. The molecule has 3 rings (SSSR count). The molecule has 3 aliphatic rings. The van der Waals surface area contributed by atoms with E-state index in [1.165, 1.54) is 0 Å². The van der Waals surface area contributed by atoms with Gasteiger partial charge in [-0.05, 0) is 6.42 Å². The summed E-state index contributed by atoms with van der Waals surface area (Å²) in [5.41, 5.74) is 0. The Morgan fingerprint density at radius 3 is 2.45 bits per heavy atom. The molecule has 0 aromatic carbocycles. The molecule has 9 N–H and O–H groups in total. The number of hydrogen-bond donors (Lipinski definition) is 8. The van der Waals surface area contributed by atoms with Crippen LogP contribution in [0.15, 0.2) is 0 Å². The molecule has 182 valence electrons. The zero-order valence-electron chi connectivity index (χ0n) is 16.5. The average molecular weight is 475 g/mol. The molecule has 10 atom stereocenters.